The summed E-state index contributed by atoms with van der Waals surface area (Å²) in [6.45, 7) is 7.82. The quantitative estimate of drug-likeness (QED) is 0.0355. The van der Waals surface area contributed by atoms with Gasteiger partial charge >= 0.3 is 11.9 Å². The zero-order valence-electron chi connectivity index (χ0n) is 35.4. The standard InChI is InChI=1S/C47H90O5/c1-4-7-10-13-16-19-22-24-26-28-31-34-37-40-46(48)51-44-45(43-50-42-39-36-33-30-27-23-20-17-14-11-8-5-2)52-47(49)41-38-35-32-29-25-21-18-15-12-9-6-3/h15,18,45H,4-14,16-17,19-44H2,1-3H3/b18-15-. The Morgan fingerprint density at radius 3 is 1.23 bits per heavy atom. The Bertz CT molecular complexity index is 750. The van der Waals surface area contributed by atoms with E-state index in [4.69, 9.17) is 14.2 Å². The highest BCUT2D eigenvalue weighted by molar-refractivity contribution is 5.70. The Kier molecular flexibility index (Phi) is 42.9. The highest BCUT2D eigenvalue weighted by Crippen LogP contribution is 2.15. The van der Waals surface area contributed by atoms with E-state index in [-0.39, 0.29) is 18.5 Å². The van der Waals surface area contributed by atoms with Crippen LogP contribution in [0, 0.1) is 0 Å². The van der Waals surface area contributed by atoms with Gasteiger partial charge in [-0.3, -0.25) is 9.59 Å². The lowest BCUT2D eigenvalue weighted by Gasteiger charge is -2.18. The molecule has 0 spiro atoms. The number of unbranched alkanes of at least 4 members (excludes halogenated alkanes) is 30. The fourth-order valence-electron chi connectivity index (χ4n) is 6.79. The van der Waals surface area contributed by atoms with Gasteiger partial charge in [0.25, 0.3) is 0 Å². The van der Waals surface area contributed by atoms with Crippen LogP contribution in [0.2, 0.25) is 0 Å². The molecular formula is C47H90O5. The van der Waals surface area contributed by atoms with Gasteiger partial charge in [-0.2, -0.15) is 0 Å². The van der Waals surface area contributed by atoms with Gasteiger partial charge in [-0.25, -0.2) is 0 Å². The first kappa shape index (κ1) is 50.6. The number of allylic oxidation sites excluding steroid dienone is 2. The molecule has 0 N–H and O–H groups in total. The number of hydrogen-bond donors (Lipinski definition) is 0. The number of hydrogen-bond acceptors (Lipinski definition) is 5. The molecule has 0 radical (unpaired) electrons. The second-order valence-electron chi connectivity index (χ2n) is 15.7. The van der Waals surface area contributed by atoms with Crippen molar-refractivity contribution in [1.82, 2.24) is 0 Å². The largest absolute Gasteiger partial charge is 0.462 e. The van der Waals surface area contributed by atoms with Crippen molar-refractivity contribution in [3.8, 4) is 0 Å². The van der Waals surface area contributed by atoms with E-state index in [2.05, 4.69) is 32.9 Å². The van der Waals surface area contributed by atoms with Gasteiger partial charge in [-0.15, -0.1) is 0 Å². The molecule has 0 aromatic carbocycles. The molecule has 1 atom stereocenters. The van der Waals surface area contributed by atoms with E-state index in [1.807, 2.05) is 0 Å². The first-order valence-corrected chi connectivity index (χ1v) is 23.2. The van der Waals surface area contributed by atoms with E-state index in [0.717, 1.165) is 44.9 Å². The molecule has 0 aromatic rings. The van der Waals surface area contributed by atoms with Crippen molar-refractivity contribution in [1.29, 1.82) is 0 Å². The molecule has 0 aliphatic heterocycles. The second-order valence-corrected chi connectivity index (χ2v) is 15.7. The lowest BCUT2D eigenvalue weighted by Crippen LogP contribution is -2.30. The molecule has 0 bridgehead atoms. The summed E-state index contributed by atoms with van der Waals surface area (Å²) in [5, 5.41) is 0. The summed E-state index contributed by atoms with van der Waals surface area (Å²) in [7, 11) is 0. The number of carbonyl (C=O) groups is 2. The minimum atomic E-state index is -0.528. The molecule has 308 valence electrons. The lowest BCUT2D eigenvalue weighted by atomic mass is 10.0. The summed E-state index contributed by atoms with van der Waals surface area (Å²) in [5.41, 5.74) is 0. The Morgan fingerprint density at radius 2 is 0.769 bits per heavy atom. The van der Waals surface area contributed by atoms with Crippen LogP contribution in [0.5, 0.6) is 0 Å². The van der Waals surface area contributed by atoms with Gasteiger partial charge in [0.1, 0.15) is 6.61 Å². The third-order valence-electron chi connectivity index (χ3n) is 10.3. The van der Waals surface area contributed by atoms with Gasteiger partial charge < -0.3 is 14.2 Å². The highest BCUT2D eigenvalue weighted by atomic mass is 16.6. The lowest BCUT2D eigenvalue weighted by molar-refractivity contribution is -0.163. The third kappa shape index (κ3) is 41.4. The van der Waals surface area contributed by atoms with Crippen LogP contribution in [0.1, 0.15) is 252 Å². The molecule has 0 aliphatic carbocycles. The van der Waals surface area contributed by atoms with Crippen molar-refractivity contribution in [2.45, 2.75) is 258 Å². The molecule has 1 unspecified atom stereocenters. The summed E-state index contributed by atoms with van der Waals surface area (Å²) < 4.78 is 17.3. The van der Waals surface area contributed by atoms with E-state index in [1.54, 1.807) is 0 Å². The van der Waals surface area contributed by atoms with E-state index in [0.29, 0.717) is 26.1 Å². The molecular weight excluding hydrogens is 645 g/mol. The van der Waals surface area contributed by atoms with Crippen LogP contribution in [0.25, 0.3) is 0 Å². The van der Waals surface area contributed by atoms with Gasteiger partial charge in [0.15, 0.2) is 6.10 Å². The van der Waals surface area contributed by atoms with Crippen molar-refractivity contribution < 1.29 is 23.8 Å². The molecule has 0 saturated heterocycles. The first-order valence-electron chi connectivity index (χ1n) is 23.2. The smallest absolute Gasteiger partial charge is 0.306 e. The van der Waals surface area contributed by atoms with Gasteiger partial charge in [-0.05, 0) is 38.5 Å². The van der Waals surface area contributed by atoms with Crippen LogP contribution in [0.3, 0.4) is 0 Å². The number of rotatable bonds is 43. The maximum absolute atomic E-state index is 12.7. The maximum atomic E-state index is 12.7. The van der Waals surface area contributed by atoms with Gasteiger partial charge in [-0.1, -0.05) is 213 Å². The van der Waals surface area contributed by atoms with Gasteiger partial charge in [0.05, 0.1) is 6.61 Å². The summed E-state index contributed by atoms with van der Waals surface area (Å²) in [6, 6.07) is 0. The van der Waals surface area contributed by atoms with Gasteiger partial charge in [0, 0.05) is 19.4 Å². The molecule has 5 heteroatoms. The number of ether oxygens (including phenoxy) is 3. The van der Waals surface area contributed by atoms with Crippen molar-refractivity contribution in [3.63, 3.8) is 0 Å². The highest BCUT2D eigenvalue weighted by Gasteiger charge is 2.17. The molecule has 5 nitrogen and oxygen atoms in total. The van der Waals surface area contributed by atoms with Crippen LogP contribution in [0.4, 0.5) is 0 Å². The Hall–Kier alpha value is -1.36. The minimum Gasteiger partial charge on any atom is -0.462 e. The fourth-order valence-corrected chi connectivity index (χ4v) is 6.79. The van der Waals surface area contributed by atoms with Crippen LogP contribution >= 0.6 is 0 Å². The van der Waals surface area contributed by atoms with E-state index >= 15 is 0 Å². The van der Waals surface area contributed by atoms with Crippen LogP contribution < -0.4 is 0 Å². The van der Waals surface area contributed by atoms with Crippen molar-refractivity contribution in [2.24, 2.45) is 0 Å². The average molecular weight is 735 g/mol. The SMILES string of the molecule is CCCC/C=C\CCCCCCCC(=O)OC(COCCCCCCCCCCCCCC)COC(=O)CCCCCCCCCCCCCCC. The van der Waals surface area contributed by atoms with Crippen LogP contribution in [-0.4, -0.2) is 37.9 Å². The summed E-state index contributed by atoms with van der Waals surface area (Å²) in [6.07, 6.45) is 47.7. The molecule has 0 saturated carbocycles. The Balaban J connectivity index is 4.21. The Labute approximate surface area is 325 Å². The zero-order valence-corrected chi connectivity index (χ0v) is 35.4. The molecule has 0 heterocycles. The predicted molar refractivity (Wildman–Crippen MR) is 224 cm³/mol. The Morgan fingerprint density at radius 1 is 0.404 bits per heavy atom. The number of esters is 2. The third-order valence-corrected chi connectivity index (χ3v) is 10.3. The summed E-state index contributed by atoms with van der Waals surface area (Å²) in [4.78, 5) is 25.2. The summed E-state index contributed by atoms with van der Waals surface area (Å²) >= 11 is 0. The molecule has 0 rings (SSSR count). The second kappa shape index (κ2) is 44.0. The molecule has 0 fully saturated rings. The molecule has 0 aliphatic rings. The fraction of sp³-hybridized carbons (Fsp3) is 0.915. The zero-order chi connectivity index (χ0) is 37.8. The average Bonchev–Trinajstić information content (AvgIpc) is 3.14. The molecule has 52 heavy (non-hydrogen) atoms. The minimum absolute atomic E-state index is 0.0905. The maximum Gasteiger partial charge on any atom is 0.306 e. The normalized spacial score (nSPS) is 12.1. The topological polar surface area (TPSA) is 61.8 Å². The first-order chi connectivity index (χ1) is 25.6. The van der Waals surface area contributed by atoms with Crippen LogP contribution in [-0.2, 0) is 23.8 Å². The number of carbonyl (C=O) groups excluding carboxylic acids is 2. The van der Waals surface area contributed by atoms with Crippen molar-refractivity contribution >= 4 is 11.9 Å². The van der Waals surface area contributed by atoms with Crippen molar-refractivity contribution in [3.05, 3.63) is 12.2 Å². The summed E-state index contributed by atoms with van der Waals surface area (Å²) in [5.74, 6) is -0.393. The van der Waals surface area contributed by atoms with E-state index < -0.39 is 6.10 Å². The van der Waals surface area contributed by atoms with Gasteiger partial charge in [0.2, 0.25) is 0 Å². The molecule has 0 aromatic heterocycles. The van der Waals surface area contributed by atoms with Crippen molar-refractivity contribution in [2.75, 3.05) is 19.8 Å². The monoisotopic (exact) mass is 735 g/mol. The van der Waals surface area contributed by atoms with E-state index in [1.165, 1.54) is 173 Å². The predicted octanol–water partition coefficient (Wildman–Crippen LogP) is 15.1. The molecule has 0 amide bonds. The van der Waals surface area contributed by atoms with Crippen LogP contribution in [0.15, 0.2) is 12.2 Å². The van der Waals surface area contributed by atoms with E-state index in [9.17, 15) is 9.59 Å².